The Kier molecular flexibility index (Phi) is 8.37. The molecule has 12 nitrogen and oxygen atoms in total. The minimum Gasteiger partial charge on any atom is -0.444 e. The first-order valence-corrected chi connectivity index (χ1v) is 15.2. The van der Waals surface area contributed by atoms with Crippen LogP contribution in [-0.4, -0.2) is 63.2 Å². The van der Waals surface area contributed by atoms with Gasteiger partial charge in [0.05, 0.1) is 28.9 Å². The van der Waals surface area contributed by atoms with Crippen molar-refractivity contribution < 1.29 is 28.7 Å². The Balaban J connectivity index is 1.06. The molecule has 0 radical (unpaired) electrons. The molecule has 2 aromatic rings. The minimum atomic E-state index is -0.567. The second-order valence-corrected chi connectivity index (χ2v) is 14.2. The molecular weight excluding hydrogens is 576 g/mol. The number of hydrogen-bond acceptors (Lipinski definition) is 8. The number of carbonyl (C=O) groups excluding carboxylic acids is 4. The molecule has 3 N–H and O–H groups in total. The van der Waals surface area contributed by atoms with Gasteiger partial charge in [-0.3, -0.25) is 14.6 Å². The molecule has 4 aliphatic rings. The molecule has 1 aromatic carbocycles. The van der Waals surface area contributed by atoms with E-state index in [2.05, 4.69) is 25.9 Å². The number of alkyl carbamates (subject to hydrolysis) is 1. The van der Waals surface area contributed by atoms with Crippen LogP contribution < -0.4 is 16.0 Å². The van der Waals surface area contributed by atoms with Gasteiger partial charge < -0.3 is 30.3 Å². The van der Waals surface area contributed by atoms with Gasteiger partial charge in [-0.25, -0.2) is 14.6 Å². The number of carbonyl (C=O) groups is 4. The molecule has 0 spiro atoms. The number of rotatable bonds is 7. The second-order valence-electron chi connectivity index (χ2n) is 14.2. The van der Waals surface area contributed by atoms with Crippen LogP contribution in [-0.2, 0) is 25.6 Å². The number of nitrogens with one attached hydrogen (secondary N) is 3. The van der Waals surface area contributed by atoms with Crippen molar-refractivity contribution in [3.05, 3.63) is 54.0 Å². The third kappa shape index (κ3) is 7.43. The van der Waals surface area contributed by atoms with Crippen LogP contribution in [0.25, 0.3) is 5.57 Å². The summed E-state index contributed by atoms with van der Waals surface area (Å²) in [6, 6.07) is 7.25. The molecule has 1 aliphatic heterocycles. The Morgan fingerprint density at radius 2 is 1.47 bits per heavy atom. The van der Waals surface area contributed by atoms with E-state index in [-0.39, 0.29) is 17.9 Å². The van der Waals surface area contributed by atoms with Crippen molar-refractivity contribution in [2.24, 2.45) is 10.8 Å². The van der Waals surface area contributed by atoms with Crippen LogP contribution in [0.4, 0.5) is 21.1 Å². The van der Waals surface area contributed by atoms with Crippen LogP contribution in [0.15, 0.2) is 42.7 Å². The molecular formula is C33H42N6O6. The zero-order valence-corrected chi connectivity index (χ0v) is 26.8. The van der Waals surface area contributed by atoms with E-state index in [1.165, 1.54) is 6.20 Å². The number of benzene rings is 1. The average Bonchev–Trinajstić information content (AvgIpc) is 2.90. The molecule has 2 bridgehead atoms. The van der Waals surface area contributed by atoms with Crippen LogP contribution in [0.2, 0.25) is 0 Å². The fourth-order valence-electron chi connectivity index (χ4n) is 5.93. The Bertz CT molecular complexity index is 1480. The SMILES string of the molecule is CC(C)(C)OC(=O)NCc1ccc(NC(=O)C23CC(C(=O)Nc4cnc(C5=CCN(C(=O)OC(C)(C)C)CC5)cn4)(C2)C3)cc1. The summed E-state index contributed by atoms with van der Waals surface area (Å²) in [4.78, 5) is 60.8. The second kappa shape index (κ2) is 11.8. The Hall–Kier alpha value is -4.48. The molecule has 45 heavy (non-hydrogen) atoms. The van der Waals surface area contributed by atoms with Crippen molar-refractivity contribution in [2.75, 3.05) is 23.7 Å². The third-order valence-electron chi connectivity index (χ3n) is 8.12. The molecule has 0 atom stereocenters. The molecule has 240 valence electrons. The molecule has 12 heteroatoms. The standard InChI is InChI=1S/C33H42N6O6/c1-30(2,3)44-28(42)36-15-21-7-9-23(10-8-21)37-26(40)32-18-33(19-32,20-32)27(41)38-25-17-34-24(16-35-25)22-11-13-39(14-12-22)29(43)45-31(4,5)6/h7-11,16-17H,12-15,18-20H2,1-6H3,(H,36,42)(H,37,40)(H,35,38,41). The topological polar surface area (TPSA) is 152 Å². The van der Waals surface area contributed by atoms with Gasteiger partial charge in [0.2, 0.25) is 11.8 Å². The lowest BCUT2D eigenvalue weighted by atomic mass is 9.34. The monoisotopic (exact) mass is 618 g/mol. The van der Waals surface area contributed by atoms with Gasteiger partial charge in [-0.2, -0.15) is 0 Å². The highest BCUT2D eigenvalue weighted by Gasteiger charge is 2.74. The molecule has 3 fully saturated rings. The first-order chi connectivity index (χ1) is 21.0. The summed E-state index contributed by atoms with van der Waals surface area (Å²) in [6.45, 7) is 12.2. The summed E-state index contributed by atoms with van der Waals surface area (Å²) in [5.74, 6) is 0.123. The van der Waals surface area contributed by atoms with E-state index in [1.807, 2.05) is 39.0 Å². The van der Waals surface area contributed by atoms with Crippen LogP contribution in [0.1, 0.15) is 78.5 Å². The number of hydrogen-bond donors (Lipinski definition) is 3. The first-order valence-electron chi connectivity index (χ1n) is 15.2. The maximum absolute atomic E-state index is 13.1. The van der Waals surface area contributed by atoms with E-state index in [0.717, 1.165) is 11.1 Å². The zero-order valence-electron chi connectivity index (χ0n) is 26.8. The molecule has 6 rings (SSSR count). The molecule has 4 amide bonds. The zero-order chi connectivity index (χ0) is 32.6. The van der Waals surface area contributed by atoms with Gasteiger partial charge in [-0.15, -0.1) is 0 Å². The van der Waals surface area contributed by atoms with E-state index in [1.54, 1.807) is 44.0 Å². The third-order valence-corrected chi connectivity index (χ3v) is 8.12. The van der Waals surface area contributed by atoms with E-state index in [4.69, 9.17) is 9.47 Å². The summed E-state index contributed by atoms with van der Waals surface area (Å²) in [7, 11) is 0. The van der Waals surface area contributed by atoms with Gasteiger partial charge in [0.15, 0.2) is 5.82 Å². The molecule has 3 aliphatic carbocycles. The highest BCUT2D eigenvalue weighted by Crippen LogP contribution is 2.73. The van der Waals surface area contributed by atoms with Gasteiger partial charge in [0, 0.05) is 25.3 Å². The Morgan fingerprint density at radius 3 is 2.00 bits per heavy atom. The fourth-order valence-corrected chi connectivity index (χ4v) is 5.93. The molecule has 2 heterocycles. The lowest BCUT2D eigenvalue weighted by Crippen LogP contribution is -2.70. The normalized spacial score (nSPS) is 22.2. The maximum atomic E-state index is 13.1. The van der Waals surface area contributed by atoms with Crippen molar-refractivity contribution in [3.63, 3.8) is 0 Å². The smallest absolute Gasteiger partial charge is 0.410 e. The Morgan fingerprint density at radius 1 is 0.844 bits per heavy atom. The summed E-state index contributed by atoms with van der Waals surface area (Å²) in [5, 5.41) is 8.55. The highest BCUT2D eigenvalue weighted by molar-refractivity contribution is 6.05. The predicted molar refractivity (Wildman–Crippen MR) is 168 cm³/mol. The van der Waals surface area contributed by atoms with Crippen molar-refractivity contribution in [2.45, 2.75) is 85.0 Å². The van der Waals surface area contributed by atoms with Crippen LogP contribution in [0.5, 0.6) is 0 Å². The van der Waals surface area contributed by atoms with Crippen LogP contribution >= 0.6 is 0 Å². The van der Waals surface area contributed by atoms with Crippen molar-refractivity contribution in [3.8, 4) is 0 Å². The van der Waals surface area contributed by atoms with Crippen molar-refractivity contribution >= 4 is 41.1 Å². The Labute approximate surface area is 263 Å². The van der Waals surface area contributed by atoms with Gasteiger partial charge in [0.1, 0.15) is 11.2 Å². The van der Waals surface area contributed by atoms with Crippen LogP contribution in [0, 0.1) is 10.8 Å². The lowest BCUT2D eigenvalue weighted by Gasteiger charge is -2.67. The van der Waals surface area contributed by atoms with E-state index in [9.17, 15) is 19.2 Å². The van der Waals surface area contributed by atoms with Gasteiger partial charge in [-0.1, -0.05) is 18.2 Å². The largest absolute Gasteiger partial charge is 0.444 e. The van der Waals surface area contributed by atoms with Crippen molar-refractivity contribution in [1.82, 2.24) is 20.2 Å². The summed E-state index contributed by atoms with van der Waals surface area (Å²) < 4.78 is 10.7. The lowest BCUT2D eigenvalue weighted by molar-refractivity contribution is -0.201. The molecule has 3 saturated carbocycles. The quantitative estimate of drug-likeness (QED) is 0.379. The highest BCUT2D eigenvalue weighted by atomic mass is 16.6. The van der Waals surface area contributed by atoms with Crippen molar-refractivity contribution in [1.29, 1.82) is 0 Å². The first kappa shape index (κ1) is 31.9. The summed E-state index contributed by atoms with van der Waals surface area (Å²) >= 11 is 0. The predicted octanol–water partition coefficient (Wildman–Crippen LogP) is 5.27. The molecule has 0 unspecified atom stereocenters. The van der Waals surface area contributed by atoms with Gasteiger partial charge in [0.25, 0.3) is 0 Å². The minimum absolute atomic E-state index is 0.0908. The average molecular weight is 619 g/mol. The number of amides is 4. The summed E-state index contributed by atoms with van der Waals surface area (Å²) in [6.07, 6.45) is 6.37. The van der Waals surface area contributed by atoms with E-state index in [0.29, 0.717) is 62.5 Å². The van der Waals surface area contributed by atoms with E-state index < -0.39 is 28.1 Å². The van der Waals surface area contributed by atoms with Gasteiger partial charge >= 0.3 is 12.2 Å². The summed E-state index contributed by atoms with van der Waals surface area (Å²) in [5.41, 5.74) is 1.00. The number of anilines is 2. The maximum Gasteiger partial charge on any atom is 0.410 e. The number of nitrogens with zero attached hydrogens (tertiary/aromatic N) is 3. The fraction of sp³-hybridized carbons (Fsp3) is 0.515. The van der Waals surface area contributed by atoms with E-state index >= 15 is 0 Å². The molecule has 0 saturated heterocycles. The number of aromatic nitrogens is 2. The molecule has 1 aromatic heterocycles. The van der Waals surface area contributed by atoms with Gasteiger partial charge in [-0.05, 0) is 90.5 Å². The van der Waals surface area contributed by atoms with Crippen LogP contribution in [0.3, 0.4) is 0 Å². The number of ether oxygens (including phenoxy) is 2.